The first-order chi connectivity index (χ1) is 18.8. The number of hydrogen-bond acceptors (Lipinski definition) is 5. The highest BCUT2D eigenvalue weighted by atomic mass is 35.5. The van der Waals surface area contributed by atoms with Crippen LogP contribution in [0.5, 0.6) is 0 Å². The average Bonchev–Trinajstić information content (AvgIpc) is 3.68. The Hall–Kier alpha value is -2.13. The van der Waals surface area contributed by atoms with Crippen LogP contribution in [0.3, 0.4) is 0 Å². The second-order valence-electron chi connectivity index (χ2n) is 11.7. The molecule has 218 valence electrons. The van der Waals surface area contributed by atoms with E-state index in [0.29, 0.717) is 35.7 Å². The Balaban J connectivity index is 1.86. The van der Waals surface area contributed by atoms with Gasteiger partial charge in [-0.15, -0.1) is 0 Å². The van der Waals surface area contributed by atoms with Gasteiger partial charge in [0.2, 0.25) is 15.9 Å². The van der Waals surface area contributed by atoms with E-state index in [1.165, 1.54) is 11.4 Å². The van der Waals surface area contributed by atoms with Crippen molar-refractivity contribution in [2.75, 3.05) is 20.7 Å². The van der Waals surface area contributed by atoms with Crippen molar-refractivity contribution in [3.63, 3.8) is 0 Å². The fourth-order valence-corrected chi connectivity index (χ4v) is 8.02. The molecule has 0 spiro atoms. The molecule has 0 bridgehead atoms. The molecule has 0 aromatic heterocycles. The molecule has 7 nitrogen and oxygen atoms in total. The summed E-state index contributed by atoms with van der Waals surface area (Å²) in [6, 6.07) is 14.1. The van der Waals surface area contributed by atoms with Crippen LogP contribution in [-0.4, -0.2) is 61.0 Å². The average molecular weight is 610 g/mol. The first-order valence-corrected chi connectivity index (χ1v) is 15.8. The molecule has 4 atom stereocenters. The van der Waals surface area contributed by atoms with E-state index in [1.54, 1.807) is 39.1 Å². The maximum atomic E-state index is 14.5. The Labute approximate surface area is 247 Å². The molecule has 1 amide bonds. The maximum absolute atomic E-state index is 14.5. The Morgan fingerprint density at radius 1 is 1.10 bits per heavy atom. The molecule has 1 saturated carbocycles. The van der Waals surface area contributed by atoms with Crippen molar-refractivity contribution in [1.82, 2.24) is 9.21 Å². The van der Waals surface area contributed by atoms with Gasteiger partial charge in [0.15, 0.2) is 0 Å². The topological polar surface area (TPSA) is 84.0 Å². The molecule has 2 fully saturated rings. The molecule has 10 heteroatoms. The largest absolute Gasteiger partial charge is 0.469 e. The molecule has 1 aliphatic heterocycles. The number of sulfonamides is 1. The van der Waals surface area contributed by atoms with E-state index in [0.717, 1.165) is 11.1 Å². The van der Waals surface area contributed by atoms with Crippen molar-refractivity contribution >= 4 is 45.1 Å². The van der Waals surface area contributed by atoms with E-state index in [1.807, 2.05) is 42.2 Å². The Kier molecular flexibility index (Phi) is 8.96. The lowest BCUT2D eigenvalue weighted by Crippen LogP contribution is -2.58. The number of benzene rings is 2. The zero-order chi connectivity index (χ0) is 29.5. The van der Waals surface area contributed by atoms with Crippen molar-refractivity contribution in [3.8, 4) is 0 Å². The Morgan fingerprint density at radius 2 is 1.75 bits per heavy atom. The minimum atomic E-state index is -3.55. The zero-order valence-corrected chi connectivity index (χ0v) is 26.0. The summed E-state index contributed by atoms with van der Waals surface area (Å²) < 4.78 is 32.4. The minimum Gasteiger partial charge on any atom is -0.469 e. The van der Waals surface area contributed by atoms with Gasteiger partial charge >= 0.3 is 5.97 Å². The number of likely N-dealkylation sites (N-methyl/N-ethyl adjacent to an activating group) is 1. The Bertz CT molecular complexity index is 1360. The van der Waals surface area contributed by atoms with Gasteiger partial charge in [0.25, 0.3) is 0 Å². The third-order valence-corrected chi connectivity index (χ3v) is 11.8. The maximum Gasteiger partial charge on any atom is 0.306 e. The van der Waals surface area contributed by atoms with Gasteiger partial charge in [0, 0.05) is 35.6 Å². The van der Waals surface area contributed by atoms with E-state index in [9.17, 15) is 18.0 Å². The lowest BCUT2D eigenvalue weighted by molar-refractivity contribution is -0.161. The number of carbonyl (C=O) groups excluding carboxylic acids is 2. The van der Waals surface area contributed by atoms with E-state index in [4.69, 9.17) is 27.9 Å². The van der Waals surface area contributed by atoms with Gasteiger partial charge in [-0.05, 0) is 68.0 Å². The number of ether oxygens (including phenoxy) is 1. The number of amides is 1. The van der Waals surface area contributed by atoms with Crippen molar-refractivity contribution in [1.29, 1.82) is 0 Å². The van der Waals surface area contributed by atoms with Gasteiger partial charge in [-0.1, -0.05) is 61.3 Å². The van der Waals surface area contributed by atoms with Crippen LogP contribution >= 0.6 is 23.2 Å². The predicted molar refractivity (Wildman–Crippen MR) is 158 cm³/mol. The quantitative estimate of drug-likeness (QED) is 0.299. The van der Waals surface area contributed by atoms with Crippen LogP contribution in [0.2, 0.25) is 10.0 Å². The molecule has 4 rings (SSSR count). The molecule has 2 aromatic carbocycles. The van der Waals surface area contributed by atoms with Crippen LogP contribution < -0.4 is 0 Å². The standard InChI is InChI=1S/C30H38Cl2N2O5S/c1-6-24(19-33(4)40(37,38)30(3)14-15-30)34-27(20-10-12-22(31)13-11-20)25(21-8-7-9-23(32)16-21)17-29(2,28(34)36)18-26(35)39-5/h7-13,16,24-25,27H,6,14-15,17-19H2,1-5H3/t24?,25-,27-,29-/m1/s1. The third kappa shape index (κ3) is 5.91. The second-order valence-corrected chi connectivity index (χ2v) is 15.1. The van der Waals surface area contributed by atoms with Gasteiger partial charge in [-0.3, -0.25) is 9.59 Å². The van der Waals surface area contributed by atoms with Crippen molar-refractivity contribution in [2.45, 2.75) is 75.6 Å². The summed E-state index contributed by atoms with van der Waals surface area (Å²) >= 11 is 12.7. The summed E-state index contributed by atoms with van der Waals surface area (Å²) in [6.07, 6.45) is 2.06. The smallest absolute Gasteiger partial charge is 0.306 e. The number of methoxy groups -OCH3 is 1. The number of rotatable bonds is 10. The molecule has 1 aliphatic carbocycles. The van der Waals surface area contributed by atoms with Crippen LogP contribution in [0.15, 0.2) is 48.5 Å². The first kappa shape index (κ1) is 30.8. The number of hydrogen-bond donors (Lipinski definition) is 0. The van der Waals surface area contributed by atoms with E-state index >= 15 is 0 Å². The van der Waals surface area contributed by atoms with Crippen LogP contribution in [0.4, 0.5) is 0 Å². The monoisotopic (exact) mass is 608 g/mol. The summed E-state index contributed by atoms with van der Waals surface area (Å²) in [7, 11) is -0.644. The van der Waals surface area contributed by atoms with Gasteiger partial charge in [0.1, 0.15) is 0 Å². The fourth-order valence-electron chi connectivity index (χ4n) is 5.96. The lowest BCUT2D eigenvalue weighted by Gasteiger charge is -2.52. The molecule has 0 radical (unpaired) electrons. The molecule has 0 N–H and O–H groups in total. The molecule has 1 heterocycles. The van der Waals surface area contributed by atoms with Crippen molar-refractivity contribution in [3.05, 3.63) is 69.7 Å². The third-order valence-electron chi connectivity index (χ3n) is 8.67. The first-order valence-electron chi connectivity index (χ1n) is 13.6. The molecule has 1 saturated heterocycles. The predicted octanol–water partition coefficient (Wildman–Crippen LogP) is 6.21. The molecular formula is C30H38Cl2N2O5S. The SMILES string of the molecule is CCC(CN(C)S(=O)(=O)C1(C)CC1)N1C(=O)[C@@](C)(CC(=O)OC)C[C@H](c2cccc(Cl)c2)[C@H]1c1ccc(Cl)cc1. The number of likely N-dealkylation sites (tertiary alicyclic amines) is 1. The number of nitrogens with zero attached hydrogens (tertiary/aromatic N) is 2. The van der Waals surface area contributed by atoms with Crippen LogP contribution in [-0.2, 0) is 24.3 Å². The normalized spacial score (nSPS) is 25.1. The van der Waals surface area contributed by atoms with Crippen molar-refractivity contribution in [2.24, 2.45) is 5.41 Å². The van der Waals surface area contributed by atoms with E-state index in [-0.39, 0.29) is 24.8 Å². The number of carbonyl (C=O) groups is 2. The highest BCUT2D eigenvalue weighted by Crippen LogP contribution is 2.52. The minimum absolute atomic E-state index is 0.0914. The molecule has 2 aromatic rings. The van der Waals surface area contributed by atoms with Gasteiger partial charge < -0.3 is 9.64 Å². The van der Waals surface area contributed by atoms with Crippen molar-refractivity contribution < 1.29 is 22.7 Å². The summed E-state index contributed by atoms with van der Waals surface area (Å²) in [5, 5.41) is 1.14. The summed E-state index contributed by atoms with van der Waals surface area (Å²) in [6.45, 7) is 5.66. The molecule has 40 heavy (non-hydrogen) atoms. The second kappa shape index (κ2) is 11.6. The summed E-state index contributed by atoms with van der Waals surface area (Å²) in [4.78, 5) is 28.9. The van der Waals surface area contributed by atoms with Crippen LogP contribution in [0.1, 0.15) is 76.0 Å². The van der Waals surface area contributed by atoms with Gasteiger partial charge in [-0.2, -0.15) is 0 Å². The Morgan fingerprint density at radius 3 is 2.30 bits per heavy atom. The highest BCUT2D eigenvalue weighted by Gasteiger charge is 2.55. The summed E-state index contributed by atoms with van der Waals surface area (Å²) in [5.41, 5.74) is 0.736. The van der Waals surface area contributed by atoms with Crippen LogP contribution in [0, 0.1) is 5.41 Å². The van der Waals surface area contributed by atoms with Crippen LogP contribution in [0.25, 0.3) is 0 Å². The fraction of sp³-hybridized carbons (Fsp3) is 0.533. The number of esters is 1. The zero-order valence-electron chi connectivity index (χ0n) is 23.7. The van der Waals surface area contributed by atoms with Gasteiger partial charge in [0.05, 0.1) is 29.7 Å². The number of piperidine rings is 1. The molecule has 1 unspecified atom stereocenters. The lowest BCUT2D eigenvalue weighted by atomic mass is 9.67. The van der Waals surface area contributed by atoms with E-state index < -0.39 is 38.2 Å². The van der Waals surface area contributed by atoms with E-state index in [2.05, 4.69) is 0 Å². The number of halogens is 2. The molecule has 2 aliphatic rings. The highest BCUT2D eigenvalue weighted by molar-refractivity contribution is 7.90. The molecular weight excluding hydrogens is 571 g/mol. The summed E-state index contributed by atoms with van der Waals surface area (Å²) in [5.74, 6) is -0.907. The van der Waals surface area contributed by atoms with Gasteiger partial charge in [-0.25, -0.2) is 12.7 Å².